The molecule has 5 nitrogen and oxygen atoms in total. The second-order valence-electron chi connectivity index (χ2n) is 5.72. The minimum absolute atomic E-state index is 0.0819. The van der Waals surface area contributed by atoms with Gasteiger partial charge in [-0.3, -0.25) is 4.90 Å². The van der Waals surface area contributed by atoms with Gasteiger partial charge in [-0.15, -0.1) is 0 Å². The molecule has 118 valence electrons. The third kappa shape index (κ3) is 3.72. The first-order chi connectivity index (χ1) is 9.72. The van der Waals surface area contributed by atoms with Crippen molar-refractivity contribution in [2.24, 2.45) is 0 Å². The van der Waals surface area contributed by atoms with Crippen molar-refractivity contribution in [1.29, 1.82) is 0 Å². The van der Waals surface area contributed by atoms with Crippen LogP contribution in [0.25, 0.3) is 0 Å². The quantitative estimate of drug-likeness (QED) is 0.780. The van der Waals surface area contributed by atoms with Gasteiger partial charge < -0.3 is 5.73 Å². The second-order valence-corrected chi connectivity index (χ2v) is 7.46. The standard InChI is InChI=1S/C14H22FN3O2S/c1-9(18(3)12-4-5-12)8-17-21(19,20)14-7-11(16)6-13(15)10(14)2/h6-7,9,12,17H,4-5,8,16H2,1-3H3. The lowest BCUT2D eigenvalue weighted by atomic mass is 10.2. The van der Waals surface area contributed by atoms with Crippen LogP contribution in [0.1, 0.15) is 25.3 Å². The highest BCUT2D eigenvalue weighted by molar-refractivity contribution is 7.89. The van der Waals surface area contributed by atoms with Crippen LogP contribution in [0.3, 0.4) is 0 Å². The van der Waals surface area contributed by atoms with E-state index < -0.39 is 15.8 Å². The zero-order chi connectivity index (χ0) is 15.8. The average molecular weight is 315 g/mol. The molecule has 0 saturated heterocycles. The van der Waals surface area contributed by atoms with Crippen LogP contribution in [-0.2, 0) is 10.0 Å². The summed E-state index contributed by atoms with van der Waals surface area (Å²) in [5.41, 5.74) is 5.72. The van der Waals surface area contributed by atoms with Gasteiger partial charge in [0.05, 0.1) is 4.90 Å². The molecule has 1 fully saturated rings. The minimum atomic E-state index is -3.77. The summed E-state index contributed by atoms with van der Waals surface area (Å²) >= 11 is 0. The van der Waals surface area contributed by atoms with Crippen LogP contribution in [0.4, 0.5) is 10.1 Å². The molecule has 0 heterocycles. The van der Waals surface area contributed by atoms with Crippen molar-refractivity contribution in [3.63, 3.8) is 0 Å². The Balaban J connectivity index is 2.11. The lowest BCUT2D eigenvalue weighted by Gasteiger charge is -2.24. The molecule has 2 rings (SSSR count). The highest BCUT2D eigenvalue weighted by Gasteiger charge is 2.30. The van der Waals surface area contributed by atoms with Gasteiger partial charge in [-0.2, -0.15) is 0 Å². The van der Waals surface area contributed by atoms with Crippen LogP contribution in [0.15, 0.2) is 17.0 Å². The predicted molar refractivity (Wildman–Crippen MR) is 81.0 cm³/mol. The second kappa shape index (κ2) is 5.90. The largest absolute Gasteiger partial charge is 0.399 e. The number of nitrogen functional groups attached to an aromatic ring is 1. The molecule has 1 aromatic rings. The van der Waals surface area contributed by atoms with Gasteiger partial charge in [-0.1, -0.05) is 0 Å². The Labute approximate surface area is 125 Å². The van der Waals surface area contributed by atoms with Crippen LogP contribution in [0.5, 0.6) is 0 Å². The molecule has 1 atom stereocenters. The van der Waals surface area contributed by atoms with E-state index in [9.17, 15) is 12.8 Å². The van der Waals surface area contributed by atoms with Crippen molar-refractivity contribution in [3.05, 3.63) is 23.5 Å². The number of anilines is 1. The van der Waals surface area contributed by atoms with Crippen molar-refractivity contribution in [3.8, 4) is 0 Å². The Kier molecular flexibility index (Phi) is 4.55. The predicted octanol–water partition coefficient (Wildman–Crippen LogP) is 1.48. The summed E-state index contributed by atoms with van der Waals surface area (Å²) in [6, 6.07) is 3.04. The molecule has 0 bridgehead atoms. The lowest BCUT2D eigenvalue weighted by Crippen LogP contribution is -2.41. The third-order valence-electron chi connectivity index (χ3n) is 4.00. The summed E-state index contributed by atoms with van der Waals surface area (Å²) in [6.45, 7) is 3.68. The summed E-state index contributed by atoms with van der Waals surface area (Å²) in [7, 11) is -1.78. The summed E-state index contributed by atoms with van der Waals surface area (Å²) in [5.74, 6) is -0.612. The van der Waals surface area contributed by atoms with Gasteiger partial charge in [0.25, 0.3) is 0 Å². The van der Waals surface area contributed by atoms with Crippen molar-refractivity contribution in [2.45, 2.75) is 43.7 Å². The van der Waals surface area contributed by atoms with E-state index in [0.717, 1.165) is 18.9 Å². The van der Waals surface area contributed by atoms with Crippen molar-refractivity contribution >= 4 is 15.7 Å². The van der Waals surface area contributed by atoms with Crippen molar-refractivity contribution in [1.82, 2.24) is 9.62 Å². The smallest absolute Gasteiger partial charge is 0.241 e. The van der Waals surface area contributed by atoms with E-state index in [1.54, 1.807) is 0 Å². The molecule has 0 aliphatic heterocycles. The first-order valence-corrected chi connectivity index (χ1v) is 8.48. The van der Waals surface area contributed by atoms with Crippen LogP contribution >= 0.6 is 0 Å². The maximum Gasteiger partial charge on any atom is 0.241 e. The van der Waals surface area contributed by atoms with Gasteiger partial charge in [0.1, 0.15) is 5.82 Å². The molecule has 21 heavy (non-hydrogen) atoms. The normalized spacial score (nSPS) is 17.2. The number of hydrogen-bond acceptors (Lipinski definition) is 4. The molecule has 7 heteroatoms. The molecular weight excluding hydrogens is 293 g/mol. The van der Waals surface area contributed by atoms with Gasteiger partial charge in [-0.05, 0) is 45.9 Å². The summed E-state index contributed by atoms with van der Waals surface area (Å²) in [5, 5.41) is 0. The monoisotopic (exact) mass is 315 g/mol. The molecule has 1 aliphatic rings. The first-order valence-electron chi connectivity index (χ1n) is 6.99. The first kappa shape index (κ1) is 16.2. The molecule has 3 N–H and O–H groups in total. The Morgan fingerprint density at radius 2 is 2.10 bits per heavy atom. The molecular formula is C14H22FN3O2S. The van der Waals surface area contributed by atoms with Gasteiger partial charge in [-0.25, -0.2) is 17.5 Å². The molecule has 0 amide bonds. The maximum absolute atomic E-state index is 13.6. The van der Waals surface area contributed by atoms with Gasteiger partial charge in [0.15, 0.2) is 0 Å². The van der Waals surface area contributed by atoms with E-state index in [1.807, 2.05) is 14.0 Å². The Morgan fingerprint density at radius 3 is 2.67 bits per heavy atom. The lowest BCUT2D eigenvalue weighted by molar-refractivity contribution is 0.248. The highest BCUT2D eigenvalue weighted by atomic mass is 32.2. The van der Waals surface area contributed by atoms with Crippen LogP contribution in [0, 0.1) is 12.7 Å². The summed E-state index contributed by atoms with van der Waals surface area (Å²) < 4.78 is 40.8. The maximum atomic E-state index is 13.6. The molecule has 0 aromatic heterocycles. The molecule has 1 aliphatic carbocycles. The molecule has 0 radical (unpaired) electrons. The van der Waals surface area contributed by atoms with Crippen molar-refractivity contribution in [2.75, 3.05) is 19.3 Å². The fraction of sp³-hybridized carbons (Fsp3) is 0.571. The molecule has 1 aromatic carbocycles. The number of sulfonamides is 1. The average Bonchev–Trinajstić information content (AvgIpc) is 3.23. The zero-order valence-electron chi connectivity index (χ0n) is 12.6. The van der Waals surface area contributed by atoms with E-state index in [-0.39, 0.29) is 28.7 Å². The van der Waals surface area contributed by atoms with Crippen molar-refractivity contribution < 1.29 is 12.8 Å². The number of benzene rings is 1. The van der Waals surface area contributed by atoms with E-state index in [1.165, 1.54) is 13.0 Å². The highest BCUT2D eigenvalue weighted by Crippen LogP contribution is 2.27. The molecule has 1 saturated carbocycles. The summed E-state index contributed by atoms with van der Waals surface area (Å²) in [6.07, 6.45) is 2.32. The third-order valence-corrected chi connectivity index (χ3v) is 5.55. The molecule has 0 spiro atoms. The number of halogens is 1. The number of likely N-dealkylation sites (N-methyl/N-ethyl adjacent to an activating group) is 1. The topological polar surface area (TPSA) is 75.4 Å². The SMILES string of the molecule is Cc1c(F)cc(N)cc1S(=O)(=O)NCC(C)N(C)C1CC1. The fourth-order valence-electron chi connectivity index (χ4n) is 2.25. The van der Waals surface area contributed by atoms with Gasteiger partial charge >= 0.3 is 0 Å². The number of nitrogens with two attached hydrogens (primary N) is 1. The van der Waals surface area contributed by atoms with Gasteiger partial charge in [0, 0.05) is 29.9 Å². The van der Waals surface area contributed by atoms with Gasteiger partial charge in [0.2, 0.25) is 10.0 Å². The number of nitrogens with one attached hydrogen (secondary N) is 1. The van der Waals surface area contributed by atoms with E-state index in [4.69, 9.17) is 5.73 Å². The van der Waals surface area contributed by atoms with E-state index in [2.05, 4.69) is 9.62 Å². The van der Waals surface area contributed by atoms with Crippen LogP contribution < -0.4 is 10.5 Å². The number of rotatable bonds is 6. The van der Waals surface area contributed by atoms with Crippen LogP contribution in [0.2, 0.25) is 0 Å². The Morgan fingerprint density at radius 1 is 1.48 bits per heavy atom. The minimum Gasteiger partial charge on any atom is -0.399 e. The fourth-order valence-corrected chi connectivity index (χ4v) is 3.65. The van der Waals surface area contributed by atoms with Crippen LogP contribution in [-0.4, -0.2) is 39.0 Å². The van der Waals surface area contributed by atoms with E-state index in [0.29, 0.717) is 6.04 Å². The zero-order valence-corrected chi connectivity index (χ0v) is 13.4. The molecule has 1 unspecified atom stereocenters. The summed E-state index contributed by atoms with van der Waals surface area (Å²) in [4.78, 5) is 2.07. The van der Waals surface area contributed by atoms with E-state index >= 15 is 0 Å². The Bertz CT molecular complexity index is 629. The number of hydrogen-bond donors (Lipinski definition) is 2. The Hall–Kier alpha value is -1.18. The number of nitrogens with zero attached hydrogens (tertiary/aromatic N) is 1.